The van der Waals surface area contributed by atoms with Gasteiger partial charge in [0.15, 0.2) is 0 Å². The number of nitrogens with one attached hydrogen (secondary N) is 1. The number of fused-ring (bicyclic) bond motifs is 1. The highest BCUT2D eigenvalue weighted by atomic mass is 16.5. The topological polar surface area (TPSA) is 34.4 Å². The lowest BCUT2D eigenvalue weighted by atomic mass is 9.85. The molecule has 0 amide bonds. The summed E-state index contributed by atoms with van der Waals surface area (Å²) in [4.78, 5) is 0. The van der Waals surface area contributed by atoms with Gasteiger partial charge < -0.3 is 14.5 Å². The first-order chi connectivity index (χ1) is 7.45. The van der Waals surface area contributed by atoms with E-state index in [1.54, 1.807) is 0 Å². The van der Waals surface area contributed by atoms with Crippen LogP contribution in [0.25, 0.3) is 0 Å². The molecule has 3 rings (SSSR count). The van der Waals surface area contributed by atoms with Gasteiger partial charge in [-0.1, -0.05) is 0 Å². The van der Waals surface area contributed by atoms with E-state index in [4.69, 9.17) is 9.15 Å². The first kappa shape index (κ1) is 9.43. The Balaban J connectivity index is 1.82. The fourth-order valence-corrected chi connectivity index (χ4v) is 2.75. The molecule has 2 aliphatic heterocycles. The maximum absolute atomic E-state index is 5.51. The first-order valence-corrected chi connectivity index (χ1v) is 5.82. The van der Waals surface area contributed by atoms with Gasteiger partial charge in [0.1, 0.15) is 5.76 Å². The average molecular weight is 207 g/mol. The van der Waals surface area contributed by atoms with Gasteiger partial charge >= 0.3 is 0 Å². The van der Waals surface area contributed by atoms with Gasteiger partial charge in [-0.15, -0.1) is 0 Å². The lowest BCUT2D eigenvalue weighted by Gasteiger charge is -2.33. The van der Waals surface area contributed by atoms with Crippen molar-refractivity contribution in [2.75, 3.05) is 19.8 Å². The van der Waals surface area contributed by atoms with Crippen LogP contribution in [0.2, 0.25) is 0 Å². The van der Waals surface area contributed by atoms with E-state index in [-0.39, 0.29) is 0 Å². The molecular weight excluding hydrogens is 190 g/mol. The molecule has 1 saturated heterocycles. The third-order valence-corrected chi connectivity index (χ3v) is 3.57. The molecule has 0 saturated carbocycles. The molecule has 0 bridgehead atoms. The molecule has 0 aliphatic carbocycles. The maximum atomic E-state index is 5.51. The second-order valence-electron chi connectivity index (χ2n) is 4.43. The molecule has 1 unspecified atom stereocenters. The number of rotatable bonds is 1. The van der Waals surface area contributed by atoms with Gasteiger partial charge in [0.05, 0.1) is 6.26 Å². The molecule has 1 aromatic rings. The van der Waals surface area contributed by atoms with Crippen LogP contribution in [0.4, 0.5) is 0 Å². The van der Waals surface area contributed by atoms with Gasteiger partial charge in [-0.3, -0.25) is 0 Å². The highest BCUT2D eigenvalue weighted by molar-refractivity contribution is 5.25. The van der Waals surface area contributed by atoms with Crippen molar-refractivity contribution in [2.45, 2.75) is 25.3 Å². The fourth-order valence-electron chi connectivity index (χ4n) is 2.75. The Labute approximate surface area is 89.8 Å². The molecule has 82 valence electrons. The average Bonchev–Trinajstić information content (AvgIpc) is 2.78. The Bertz CT molecular complexity index is 328. The summed E-state index contributed by atoms with van der Waals surface area (Å²) in [7, 11) is 0. The third kappa shape index (κ3) is 1.70. The van der Waals surface area contributed by atoms with E-state index in [9.17, 15) is 0 Å². The van der Waals surface area contributed by atoms with Gasteiger partial charge in [-0.2, -0.15) is 0 Å². The van der Waals surface area contributed by atoms with Gasteiger partial charge in [-0.05, 0) is 24.8 Å². The molecule has 1 fully saturated rings. The number of hydrogen-bond acceptors (Lipinski definition) is 3. The summed E-state index contributed by atoms with van der Waals surface area (Å²) in [6.07, 6.45) is 5.19. The van der Waals surface area contributed by atoms with E-state index in [0.29, 0.717) is 6.04 Å². The van der Waals surface area contributed by atoms with E-state index >= 15 is 0 Å². The van der Waals surface area contributed by atoms with Crippen molar-refractivity contribution in [3.8, 4) is 0 Å². The van der Waals surface area contributed by atoms with Gasteiger partial charge in [0.2, 0.25) is 0 Å². The predicted molar refractivity (Wildman–Crippen MR) is 56.7 cm³/mol. The number of hydrogen-bond donors (Lipinski definition) is 1. The fraction of sp³-hybridized carbons (Fsp3) is 0.667. The van der Waals surface area contributed by atoms with Crippen LogP contribution >= 0.6 is 0 Å². The molecular formula is C12H17NO2. The zero-order valence-corrected chi connectivity index (χ0v) is 8.87. The van der Waals surface area contributed by atoms with E-state index in [0.717, 1.165) is 32.1 Å². The normalized spacial score (nSPS) is 27.6. The minimum Gasteiger partial charge on any atom is -0.469 e. The lowest BCUT2D eigenvalue weighted by Crippen LogP contribution is -2.36. The Morgan fingerprint density at radius 2 is 2.13 bits per heavy atom. The molecule has 0 aromatic carbocycles. The standard InChI is InChI=1S/C12H17NO2/c1-5-13-12(9-2-6-14-7-3-9)10-4-8-15-11(1)10/h4,8-9,12-13H,1-3,5-7H2. The van der Waals surface area contributed by atoms with Crippen molar-refractivity contribution >= 4 is 0 Å². The van der Waals surface area contributed by atoms with Crippen LogP contribution in [0, 0.1) is 5.92 Å². The van der Waals surface area contributed by atoms with Crippen LogP contribution in [-0.2, 0) is 11.2 Å². The maximum Gasteiger partial charge on any atom is 0.109 e. The minimum absolute atomic E-state index is 0.497. The van der Waals surface area contributed by atoms with Crippen molar-refractivity contribution in [3.63, 3.8) is 0 Å². The van der Waals surface area contributed by atoms with E-state index in [2.05, 4.69) is 11.4 Å². The van der Waals surface area contributed by atoms with Crippen LogP contribution in [0.15, 0.2) is 16.7 Å². The smallest absolute Gasteiger partial charge is 0.109 e. The van der Waals surface area contributed by atoms with Crippen molar-refractivity contribution in [3.05, 3.63) is 23.7 Å². The quantitative estimate of drug-likeness (QED) is 0.763. The molecule has 3 nitrogen and oxygen atoms in total. The van der Waals surface area contributed by atoms with Gasteiger partial charge in [-0.25, -0.2) is 0 Å². The van der Waals surface area contributed by atoms with Crippen molar-refractivity contribution in [1.29, 1.82) is 0 Å². The monoisotopic (exact) mass is 207 g/mol. The zero-order chi connectivity index (χ0) is 10.1. The number of ether oxygens (including phenoxy) is 1. The summed E-state index contributed by atoms with van der Waals surface area (Å²) in [5.41, 5.74) is 1.38. The second kappa shape index (κ2) is 3.99. The van der Waals surface area contributed by atoms with Crippen LogP contribution in [0.1, 0.15) is 30.2 Å². The third-order valence-electron chi connectivity index (χ3n) is 3.57. The van der Waals surface area contributed by atoms with Gasteiger partial charge in [0.25, 0.3) is 0 Å². The number of furan rings is 1. The molecule has 1 aromatic heterocycles. The summed E-state index contributed by atoms with van der Waals surface area (Å²) in [5.74, 6) is 1.90. The first-order valence-electron chi connectivity index (χ1n) is 5.82. The van der Waals surface area contributed by atoms with Crippen molar-refractivity contribution in [2.24, 2.45) is 5.92 Å². The summed E-state index contributed by atoms with van der Waals surface area (Å²) in [6, 6.07) is 2.62. The van der Waals surface area contributed by atoms with E-state index in [1.807, 2.05) is 6.26 Å². The highest BCUT2D eigenvalue weighted by Gasteiger charge is 2.30. The molecule has 3 heterocycles. The molecule has 3 heteroatoms. The van der Waals surface area contributed by atoms with E-state index < -0.39 is 0 Å². The summed E-state index contributed by atoms with van der Waals surface area (Å²) in [5, 5.41) is 3.62. The Morgan fingerprint density at radius 1 is 1.27 bits per heavy atom. The van der Waals surface area contributed by atoms with Crippen LogP contribution in [0.5, 0.6) is 0 Å². The lowest BCUT2D eigenvalue weighted by molar-refractivity contribution is 0.0524. The van der Waals surface area contributed by atoms with Crippen molar-refractivity contribution < 1.29 is 9.15 Å². The SMILES string of the molecule is c1cc2c(o1)CCNC2C1CCOCC1. The molecule has 1 atom stereocenters. The van der Waals surface area contributed by atoms with Crippen molar-refractivity contribution in [1.82, 2.24) is 5.32 Å². The molecule has 2 aliphatic rings. The summed E-state index contributed by atoms with van der Waals surface area (Å²) >= 11 is 0. The highest BCUT2D eigenvalue weighted by Crippen LogP contribution is 2.34. The molecule has 0 radical (unpaired) electrons. The Hall–Kier alpha value is -0.800. The Kier molecular flexibility index (Phi) is 2.51. The second-order valence-corrected chi connectivity index (χ2v) is 4.43. The summed E-state index contributed by atoms with van der Waals surface area (Å²) < 4.78 is 10.9. The Morgan fingerprint density at radius 3 is 3.00 bits per heavy atom. The molecule has 15 heavy (non-hydrogen) atoms. The molecule has 0 spiro atoms. The van der Waals surface area contributed by atoms with Crippen LogP contribution in [0.3, 0.4) is 0 Å². The van der Waals surface area contributed by atoms with Gasteiger partial charge in [0, 0.05) is 37.8 Å². The zero-order valence-electron chi connectivity index (χ0n) is 8.87. The molecule has 1 N–H and O–H groups in total. The van der Waals surface area contributed by atoms with Crippen LogP contribution in [-0.4, -0.2) is 19.8 Å². The minimum atomic E-state index is 0.497. The van der Waals surface area contributed by atoms with Crippen LogP contribution < -0.4 is 5.32 Å². The van der Waals surface area contributed by atoms with E-state index in [1.165, 1.54) is 24.2 Å². The summed E-state index contributed by atoms with van der Waals surface area (Å²) in [6.45, 7) is 2.87. The predicted octanol–water partition coefficient (Wildman–Crippen LogP) is 1.89. The largest absolute Gasteiger partial charge is 0.469 e.